The van der Waals surface area contributed by atoms with Crippen LogP contribution in [-0.4, -0.2) is 43.4 Å². The molecule has 1 fully saturated rings. The molecule has 1 aliphatic heterocycles. The minimum absolute atomic E-state index is 0.124. The first-order valence-electron chi connectivity index (χ1n) is 8.99. The number of rotatable bonds is 6. The molecule has 26 heavy (non-hydrogen) atoms. The van der Waals surface area contributed by atoms with Crippen LogP contribution in [0.4, 0.5) is 4.39 Å². The second-order valence-corrected chi connectivity index (χ2v) is 6.72. The fourth-order valence-electron chi connectivity index (χ4n) is 3.59. The third-order valence-corrected chi connectivity index (χ3v) is 5.08. The molecule has 140 valence electrons. The van der Waals surface area contributed by atoms with Crippen molar-refractivity contribution in [3.8, 4) is 11.5 Å². The van der Waals surface area contributed by atoms with Crippen molar-refractivity contribution in [3.05, 3.63) is 59.4 Å². The maximum Gasteiger partial charge on any atom is 0.161 e. The summed E-state index contributed by atoms with van der Waals surface area (Å²) in [6, 6.07) is 12.7. The van der Waals surface area contributed by atoms with Gasteiger partial charge in [-0.3, -0.25) is 4.90 Å². The summed E-state index contributed by atoms with van der Waals surface area (Å²) in [5.41, 5.74) is 2.23. The number of methoxy groups -OCH3 is 2. The largest absolute Gasteiger partial charge is 0.493 e. The summed E-state index contributed by atoms with van der Waals surface area (Å²) in [6.45, 7) is 1.69. The lowest BCUT2D eigenvalue weighted by Crippen LogP contribution is -2.39. The number of hydrogen-bond acceptors (Lipinski definition) is 4. The van der Waals surface area contributed by atoms with Crippen molar-refractivity contribution in [2.24, 2.45) is 0 Å². The molecule has 0 spiro atoms. The maximum atomic E-state index is 13.1. The van der Waals surface area contributed by atoms with Crippen molar-refractivity contribution in [2.75, 3.05) is 27.3 Å². The summed E-state index contributed by atoms with van der Waals surface area (Å²) in [5.74, 6) is 1.19. The lowest BCUT2D eigenvalue weighted by Gasteiger charge is -2.38. The number of benzene rings is 2. The molecule has 1 saturated heterocycles. The number of piperidine rings is 1. The first-order chi connectivity index (χ1) is 12.6. The smallest absolute Gasteiger partial charge is 0.161 e. The summed E-state index contributed by atoms with van der Waals surface area (Å²) >= 11 is 0. The normalized spacial score (nSPS) is 20.8. The molecule has 1 aliphatic rings. The number of aliphatic hydroxyl groups excluding tert-OH is 1. The maximum absolute atomic E-state index is 13.1. The van der Waals surface area contributed by atoms with Crippen molar-refractivity contribution in [3.63, 3.8) is 0 Å². The Labute approximate surface area is 154 Å². The highest BCUT2D eigenvalue weighted by Gasteiger charge is 2.29. The summed E-state index contributed by atoms with van der Waals surface area (Å²) < 4.78 is 23.8. The summed E-state index contributed by atoms with van der Waals surface area (Å²) in [5, 5.41) is 10.2. The van der Waals surface area contributed by atoms with Gasteiger partial charge in [-0.25, -0.2) is 4.39 Å². The Kier molecular flexibility index (Phi) is 6.12. The molecule has 0 aromatic heterocycles. The molecule has 5 heteroatoms. The van der Waals surface area contributed by atoms with E-state index < -0.39 is 0 Å². The van der Waals surface area contributed by atoms with Gasteiger partial charge in [0.1, 0.15) is 5.82 Å². The average molecular weight is 359 g/mol. The van der Waals surface area contributed by atoms with E-state index in [0.29, 0.717) is 17.9 Å². The molecule has 1 heterocycles. The quantitative estimate of drug-likeness (QED) is 0.856. The molecule has 0 radical (unpaired) electrons. The number of aliphatic hydroxyl groups is 1. The van der Waals surface area contributed by atoms with Crippen LogP contribution in [0.15, 0.2) is 42.5 Å². The van der Waals surface area contributed by atoms with E-state index in [1.807, 2.05) is 30.3 Å². The Morgan fingerprint density at radius 1 is 1.08 bits per heavy atom. The molecule has 0 bridgehead atoms. The fraction of sp³-hybridized carbons (Fsp3) is 0.429. The zero-order valence-electron chi connectivity index (χ0n) is 15.3. The van der Waals surface area contributed by atoms with Gasteiger partial charge in [0.05, 0.1) is 20.3 Å². The van der Waals surface area contributed by atoms with Crippen molar-refractivity contribution in [1.29, 1.82) is 0 Å². The zero-order chi connectivity index (χ0) is 18.5. The van der Waals surface area contributed by atoms with Gasteiger partial charge < -0.3 is 14.6 Å². The molecule has 2 unspecified atom stereocenters. The molecular formula is C21H26FNO3. The van der Waals surface area contributed by atoms with Gasteiger partial charge in [-0.1, -0.05) is 18.2 Å². The Balaban J connectivity index is 1.76. The van der Waals surface area contributed by atoms with Crippen LogP contribution in [0.5, 0.6) is 11.5 Å². The minimum Gasteiger partial charge on any atom is -0.493 e. The molecule has 2 aromatic carbocycles. The van der Waals surface area contributed by atoms with Crippen LogP contribution in [-0.2, 0) is 6.42 Å². The first kappa shape index (κ1) is 18.7. The van der Waals surface area contributed by atoms with E-state index in [-0.39, 0.29) is 18.0 Å². The van der Waals surface area contributed by atoms with Gasteiger partial charge >= 0.3 is 0 Å². The van der Waals surface area contributed by atoms with Crippen LogP contribution in [0.1, 0.15) is 30.0 Å². The van der Waals surface area contributed by atoms with Crippen LogP contribution >= 0.6 is 0 Å². The van der Waals surface area contributed by atoms with Gasteiger partial charge in [0.15, 0.2) is 11.5 Å². The van der Waals surface area contributed by atoms with Gasteiger partial charge in [0.2, 0.25) is 0 Å². The van der Waals surface area contributed by atoms with E-state index in [1.165, 1.54) is 12.1 Å². The van der Waals surface area contributed by atoms with Gasteiger partial charge in [-0.2, -0.15) is 0 Å². The third kappa shape index (κ3) is 4.34. The highest BCUT2D eigenvalue weighted by Crippen LogP contribution is 2.36. The van der Waals surface area contributed by atoms with E-state index in [2.05, 4.69) is 4.90 Å². The molecular weight excluding hydrogens is 333 g/mol. The number of likely N-dealkylation sites (tertiary alicyclic amines) is 1. The Morgan fingerprint density at radius 2 is 1.81 bits per heavy atom. The van der Waals surface area contributed by atoms with Crippen molar-refractivity contribution in [1.82, 2.24) is 4.90 Å². The third-order valence-electron chi connectivity index (χ3n) is 5.08. The van der Waals surface area contributed by atoms with Crippen molar-refractivity contribution in [2.45, 2.75) is 31.4 Å². The fourth-order valence-corrected chi connectivity index (χ4v) is 3.59. The number of ether oxygens (including phenoxy) is 2. The standard InChI is InChI=1S/C21H26FNO3/c1-25-20-8-5-16(13-21(20)26-2)19-14-18(24)10-12-23(19)11-9-15-3-6-17(22)7-4-15/h3-8,13,18-19,24H,9-12,14H2,1-2H3. The second kappa shape index (κ2) is 8.52. The van der Waals surface area contributed by atoms with Gasteiger partial charge in [-0.15, -0.1) is 0 Å². The monoisotopic (exact) mass is 359 g/mol. The molecule has 0 saturated carbocycles. The molecule has 2 aromatic rings. The molecule has 1 N–H and O–H groups in total. The van der Waals surface area contributed by atoms with E-state index in [4.69, 9.17) is 9.47 Å². The predicted molar refractivity (Wildman–Crippen MR) is 99.2 cm³/mol. The summed E-state index contributed by atoms with van der Waals surface area (Å²) in [7, 11) is 3.25. The van der Waals surface area contributed by atoms with Crippen molar-refractivity contribution >= 4 is 0 Å². The summed E-state index contributed by atoms with van der Waals surface area (Å²) in [4.78, 5) is 2.39. The highest BCUT2D eigenvalue weighted by molar-refractivity contribution is 5.44. The van der Waals surface area contributed by atoms with Crippen molar-refractivity contribution < 1.29 is 19.0 Å². The van der Waals surface area contributed by atoms with Crippen LogP contribution in [0.25, 0.3) is 0 Å². The SMILES string of the molecule is COc1ccc(C2CC(O)CCN2CCc2ccc(F)cc2)cc1OC. The number of halogens is 1. The van der Waals surface area contributed by atoms with Crippen LogP contribution < -0.4 is 9.47 Å². The Bertz CT molecular complexity index is 720. The Hall–Kier alpha value is -2.11. The van der Waals surface area contributed by atoms with Gasteiger partial charge in [0.25, 0.3) is 0 Å². The van der Waals surface area contributed by atoms with Gasteiger partial charge in [-0.05, 0) is 54.7 Å². The van der Waals surface area contributed by atoms with E-state index in [0.717, 1.165) is 37.1 Å². The van der Waals surface area contributed by atoms with Gasteiger partial charge in [0, 0.05) is 19.1 Å². The van der Waals surface area contributed by atoms with E-state index in [1.54, 1.807) is 14.2 Å². The number of nitrogens with zero attached hydrogens (tertiary/aromatic N) is 1. The van der Waals surface area contributed by atoms with Crippen LogP contribution in [0.3, 0.4) is 0 Å². The highest BCUT2D eigenvalue weighted by atomic mass is 19.1. The average Bonchev–Trinajstić information content (AvgIpc) is 2.67. The molecule has 2 atom stereocenters. The molecule has 0 amide bonds. The lowest BCUT2D eigenvalue weighted by atomic mass is 9.92. The zero-order valence-corrected chi connectivity index (χ0v) is 15.3. The second-order valence-electron chi connectivity index (χ2n) is 6.72. The van der Waals surface area contributed by atoms with Crippen LogP contribution in [0.2, 0.25) is 0 Å². The summed E-state index contributed by atoms with van der Waals surface area (Å²) in [6.07, 6.45) is 2.02. The molecule has 3 rings (SSSR count). The van der Waals surface area contributed by atoms with Crippen LogP contribution in [0, 0.1) is 5.82 Å². The lowest BCUT2D eigenvalue weighted by molar-refractivity contribution is 0.0413. The minimum atomic E-state index is -0.296. The molecule has 0 aliphatic carbocycles. The topological polar surface area (TPSA) is 41.9 Å². The molecule has 4 nitrogen and oxygen atoms in total. The Morgan fingerprint density at radius 3 is 2.50 bits per heavy atom. The number of hydrogen-bond donors (Lipinski definition) is 1. The first-order valence-corrected chi connectivity index (χ1v) is 8.99. The van der Waals surface area contributed by atoms with E-state index in [9.17, 15) is 9.50 Å². The van der Waals surface area contributed by atoms with E-state index >= 15 is 0 Å². The predicted octanol–water partition coefficient (Wildman–Crippen LogP) is 3.58.